The molecule has 0 saturated carbocycles. The van der Waals surface area contributed by atoms with Crippen LogP contribution in [-0.4, -0.2) is 70.0 Å². The van der Waals surface area contributed by atoms with Crippen LogP contribution in [0, 0.1) is 23.7 Å². The van der Waals surface area contributed by atoms with Gasteiger partial charge in [-0.1, -0.05) is 0 Å². The number of aliphatic carboxylic acids is 1. The normalized spacial score (nSPS) is 18.8. The van der Waals surface area contributed by atoms with Gasteiger partial charge in [0.2, 0.25) is 0 Å². The van der Waals surface area contributed by atoms with Crippen molar-refractivity contribution in [3.63, 3.8) is 0 Å². The smallest absolute Gasteiger partial charge is 0.310 e. The van der Waals surface area contributed by atoms with E-state index in [4.69, 9.17) is 5.26 Å². The number of aromatic nitrogens is 2. The van der Waals surface area contributed by atoms with Crippen molar-refractivity contribution in [3.05, 3.63) is 29.3 Å². The summed E-state index contributed by atoms with van der Waals surface area (Å²) in [7, 11) is 0. The standard InChI is InChI=1S/C24H30N6O3/c1-15-9-16(12-25)10-20(31)21(15)18-11-19-22(28-27-18)30(8-6-26-19)17-5-4-7-29(13-17)14-24(2,3)23(32)33/h9-11,17,26,31H,4-8,13-14H2,1-3H3,(H,32,33)/t17-/m1/s1. The van der Waals surface area contributed by atoms with Crippen molar-refractivity contribution in [3.8, 4) is 23.1 Å². The molecule has 1 saturated heterocycles. The van der Waals surface area contributed by atoms with E-state index in [1.165, 1.54) is 6.07 Å². The summed E-state index contributed by atoms with van der Waals surface area (Å²) in [5.41, 5.74) is 2.35. The number of likely N-dealkylation sites (tertiary alicyclic amines) is 1. The van der Waals surface area contributed by atoms with E-state index in [1.54, 1.807) is 19.9 Å². The number of rotatable bonds is 5. The first-order valence-corrected chi connectivity index (χ1v) is 11.3. The average molecular weight is 451 g/mol. The molecule has 174 valence electrons. The lowest BCUT2D eigenvalue weighted by molar-refractivity contribution is -0.148. The lowest BCUT2D eigenvalue weighted by atomic mass is 9.91. The summed E-state index contributed by atoms with van der Waals surface area (Å²) >= 11 is 0. The van der Waals surface area contributed by atoms with Gasteiger partial charge in [0.05, 0.1) is 28.4 Å². The molecule has 0 amide bonds. The maximum absolute atomic E-state index is 11.6. The first kappa shape index (κ1) is 22.8. The number of phenolic OH excluding ortho intramolecular Hbond substituents is 1. The van der Waals surface area contributed by atoms with E-state index in [0.29, 0.717) is 23.4 Å². The second-order valence-corrected chi connectivity index (χ2v) is 9.61. The number of fused-ring (bicyclic) bond motifs is 1. The number of nitrogens with zero attached hydrogens (tertiary/aromatic N) is 5. The van der Waals surface area contributed by atoms with Crippen LogP contribution in [0.25, 0.3) is 11.3 Å². The molecule has 1 aromatic carbocycles. The Hall–Kier alpha value is -3.38. The number of hydrogen-bond donors (Lipinski definition) is 3. The SMILES string of the molecule is Cc1cc(C#N)cc(O)c1-c1cc2c(nn1)N([C@@H]1CCCN(CC(C)(C)C(=O)O)C1)CCN2. The van der Waals surface area contributed by atoms with Gasteiger partial charge in [0.1, 0.15) is 5.75 Å². The van der Waals surface area contributed by atoms with Gasteiger partial charge >= 0.3 is 5.97 Å². The molecule has 0 unspecified atom stereocenters. The third-order valence-electron chi connectivity index (χ3n) is 6.53. The predicted molar refractivity (Wildman–Crippen MR) is 125 cm³/mol. The Balaban J connectivity index is 1.58. The quantitative estimate of drug-likeness (QED) is 0.630. The molecule has 0 radical (unpaired) electrons. The number of phenols is 1. The molecular weight excluding hydrogens is 420 g/mol. The Morgan fingerprint density at radius 3 is 2.79 bits per heavy atom. The van der Waals surface area contributed by atoms with E-state index in [-0.39, 0.29) is 11.8 Å². The van der Waals surface area contributed by atoms with Crippen LogP contribution < -0.4 is 10.2 Å². The molecule has 1 fully saturated rings. The van der Waals surface area contributed by atoms with Gasteiger partial charge < -0.3 is 25.3 Å². The van der Waals surface area contributed by atoms with Crippen molar-refractivity contribution in [2.45, 2.75) is 39.7 Å². The van der Waals surface area contributed by atoms with Crippen LogP contribution in [0.1, 0.15) is 37.8 Å². The average Bonchev–Trinajstić information content (AvgIpc) is 2.77. The van der Waals surface area contributed by atoms with E-state index in [9.17, 15) is 15.0 Å². The molecule has 0 bridgehead atoms. The van der Waals surface area contributed by atoms with Crippen LogP contribution in [0.5, 0.6) is 5.75 Å². The van der Waals surface area contributed by atoms with E-state index in [2.05, 4.69) is 31.4 Å². The van der Waals surface area contributed by atoms with Crippen molar-refractivity contribution >= 4 is 17.5 Å². The van der Waals surface area contributed by atoms with Gasteiger partial charge in [0, 0.05) is 37.8 Å². The summed E-state index contributed by atoms with van der Waals surface area (Å²) in [5.74, 6) is 0.00875. The summed E-state index contributed by atoms with van der Waals surface area (Å²) in [6, 6.07) is 7.35. The fourth-order valence-corrected chi connectivity index (χ4v) is 4.84. The van der Waals surface area contributed by atoms with Crippen LogP contribution >= 0.6 is 0 Å². The van der Waals surface area contributed by atoms with Gasteiger partial charge in [-0.15, -0.1) is 10.2 Å². The van der Waals surface area contributed by atoms with E-state index < -0.39 is 11.4 Å². The molecule has 9 heteroatoms. The fourth-order valence-electron chi connectivity index (χ4n) is 4.84. The number of hydrogen-bond acceptors (Lipinski definition) is 8. The van der Waals surface area contributed by atoms with Gasteiger partial charge in [-0.2, -0.15) is 5.26 Å². The Morgan fingerprint density at radius 1 is 1.30 bits per heavy atom. The number of benzene rings is 1. The zero-order valence-electron chi connectivity index (χ0n) is 19.3. The Kier molecular flexibility index (Phi) is 6.13. The second-order valence-electron chi connectivity index (χ2n) is 9.61. The lowest BCUT2D eigenvalue weighted by Gasteiger charge is -2.43. The molecule has 4 rings (SSSR count). The molecule has 0 spiro atoms. The number of carbonyl (C=O) groups is 1. The van der Waals surface area contributed by atoms with Crippen molar-refractivity contribution in [1.82, 2.24) is 15.1 Å². The first-order valence-electron chi connectivity index (χ1n) is 11.3. The first-order chi connectivity index (χ1) is 15.7. The molecular formula is C24H30N6O3. The number of carboxylic acid groups (broad SMARTS) is 1. The predicted octanol–water partition coefficient (Wildman–Crippen LogP) is 2.84. The topological polar surface area (TPSA) is 126 Å². The molecule has 2 aromatic rings. The largest absolute Gasteiger partial charge is 0.507 e. The molecule has 3 heterocycles. The molecule has 1 atom stereocenters. The number of carboxylic acids is 1. The minimum atomic E-state index is -0.793. The number of nitrogens with one attached hydrogen (secondary N) is 1. The number of aryl methyl sites for hydroxylation is 1. The monoisotopic (exact) mass is 450 g/mol. The number of piperidine rings is 1. The molecule has 2 aliphatic heterocycles. The summed E-state index contributed by atoms with van der Waals surface area (Å²) < 4.78 is 0. The van der Waals surface area contributed by atoms with Crippen LogP contribution in [0.3, 0.4) is 0 Å². The number of nitriles is 1. The zero-order chi connectivity index (χ0) is 23.8. The molecule has 9 nitrogen and oxygen atoms in total. The van der Waals surface area contributed by atoms with Crippen LogP contribution in [0.15, 0.2) is 18.2 Å². The Bertz CT molecular complexity index is 1090. The number of aromatic hydroxyl groups is 1. The summed E-state index contributed by atoms with van der Waals surface area (Å²) in [6.07, 6.45) is 2.02. The van der Waals surface area contributed by atoms with E-state index >= 15 is 0 Å². The van der Waals surface area contributed by atoms with Crippen molar-refractivity contribution < 1.29 is 15.0 Å². The van der Waals surface area contributed by atoms with Crippen molar-refractivity contribution in [2.24, 2.45) is 5.41 Å². The summed E-state index contributed by atoms with van der Waals surface area (Å²) in [4.78, 5) is 16.1. The van der Waals surface area contributed by atoms with Gasteiger partial charge in [-0.05, 0) is 63.9 Å². The highest BCUT2D eigenvalue weighted by Crippen LogP contribution is 2.37. The molecule has 33 heavy (non-hydrogen) atoms. The maximum Gasteiger partial charge on any atom is 0.310 e. The van der Waals surface area contributed by atoms with E-state index in [0.717, 1.165) is 56.1 Å². The van der Waals surface area contributed by atoms with E-state index in [1.807, 2.05) is 13.0 Å². The lowest BCUT2D eigenvalue weighted by Crippen LogP contribution is -2.53. The van der Waals surface area contributed by atoms with Crippen LogP contribution in [0.4, 0.5) is 11.5 Å². The Morgan fingerprint density at radius 2 is 2.09 bits per heavy atom. The number of anilines is 2. The summed E-state index contributed by atoms with van der Waals surface area (Å²) in [6.45, 7) is 9.13. The van der Waals surface area contributed by atoms with Crippen LogP contribution in [0.2, 0.25) is 0 Å². The Labute approximate surface area is 193 Å². The third kappa shape index (κ3) is 4.57. The van der Waals surface area contributed by atoms with Crippen LogP contribution in [-0.2, 0) is 4.79 Å². The maximum atomic E-state index is 11.6. The van der Waals surface area contributed by atoms with Gasteiger partial charge in [-0.3, -0.25) is 4.79 Å². The van der Waals surface area contributed by atoms with Crippen molar-refractivity contribution in [1.29, 1.82) is 5.26 Å². The second kappa shape index (κ2) is 8.87. The minimum absolute atomic E-state index is 0.0115. The van der Waals surface area contributed by atoms with Crippen molar-refractivity contribution in [2.75, 3.05) is 42.9 Å². The third-order valence-corrected chi connectivity index (χ3v) is 6.53. The zero-order valence-corrected chi connectivity index (χ0v) is 19.3. The van der Waals surface area contributed by atoms with Gasteiger partial charge in [-0.25, -0.2) is 0 Å². The highest BCUT2D eigenvalue weighted by atomic mass is 16.4. The molecule has 2 aliphatic rings. The van der Waals surface area contributed by atoms with Gasteiger partial charge in [0.15, 0.2) is 5.82 Å². The highest BCUT2D eigenvalue weighted by molar-refractivity contribution is 5.78. The van der Waals surface area contributed by atoms with Gasteiger partial charge in [0.25, 0.3) is 0 Å². The summed E-state index contributed by atoms with van der Waals surface area (Å²) in [5, 5.41) is 41.5. The fraction of sp³-hybridized carbons (Fsp3) is 0.500. The molecule has 3 N–H and O–H groups in total. The molecule has 1 aromatic heterocycles. The molecule has 0 aliphatic carbocycles. The minimum Gasteiger partial charge on any atom is -0.507 e. The highest BCUT2D eigenvalue weighted by Gasteiger charge is 2.35.